The van der Waals surface area contributed by atoms with Crippen molar-refractivity contribution in [1.82, 2.24) is 15.1 Å². The molecule has 3 N–H and O–H groups in total. The smallest absolute Gasteiger partial charge is 0.234 e. The van der Waals surface area contributed by atoms with Crippen LogP contribution in [0, 0.1) is 0 Å². The zero-order valence-electron chi connectivity index (χ0n) is 10.5. The zero-order valence-corrected chi connectivity index (χ0v) is 10.5. The zero-order chi connectivity index (χ0) is 13.0. The average molecular weight is 246 g/mol. The highest BCUT2D eigenvalue weighted by Gasteiger charge is 2.14. The number of carbonyl (C=O) groups is 1. The lowest BCUT2D eigenvalue weighted by atomic mass is 10.2. The predicted octanol–water partition coefficient (Wildman–Crippen LogP) is 0.890. The molecule has 1 aromatic carbocycles. The van der Waals surface area contributed by atoms with Gasteiger partial charge in [-0.25, -0.2) is 0 Å². The molecule has 0 spiro atoms. The molecule has 0 aliphatic carbocycles. The van der Waals surface area contributed by atoms with E-state index in [0.717, 1.165) is 17.4 Å². The van der Waals surface area contributed by atoms with Crippen LogP contribution in [-0.2, 0) is 11.3 Å². The Morgan fingerprint density at radius 2 is 2.28 bits per heavy atom. The minimum absolute atomic E-state index is 0.294. The Morgan fingerprint density at radius 1 is 1.50 bits per heavy atom. The summed E-state index contributed by atoms with van der Waals surface area (Å²) in [5, 5.41) is 8.51. The SMILES string of the molecule is CCNC(CCn1ncc2ccccc21)C(N)=O. The summed E-state index contributed by atoms with van der Waals surface area (Å²) in [5.74, 6) is -0.312. The lowest BCUT2D eigenvalue weighted by Gasteiger charge is -2.14. The lowest BCUT2D eigenvalue weighted by Crippen LogP contribution is -2.41. The van der Waals surface area contributed by atoms with Crippen molar-refractivity contribution >= 4 is 16.8 Å². The molecule has 0 fully saturated rings. The standard InChI is InChI=1S/C13H18N4O/c1-2-15-11(13(14)18)7-8-17-12-6-4-3-5-10(12)9-16-17/h3-6,9,11,15H,2,7-8H2,1H3,(H2,14,18). The van der Waals surface area contributed by atoms with E-state index in [2.05, 4.69) is 10.4 Å². The van der Waals surface area contributed by atoms with E-state index >= 15 is 0 Å². The number of likely N-dealkylation sites (N-methyl/N-ethyl adjacent to an activating group) is 1. The van der Waals surface area contributed by atoms with E-state index in [4.69, 9.17) is 5.73 Å². The van der Waals surface area contributed by atoms with Gasteiger partial charge in [-0.1, -0.05) is 25.1 Å². The van der Waals surface area contributed by atoms with Crippen molar-refractivity contribution in [3.8, 4) is 0 Å². The summed E-state index contributed by atoms with van der Waals surface area (Å²) in [4.78, 5) is 11.2. The number of fused-ring (bicyclic) bond motifs is 1. The Bertz CT molecular complexity index is 535. The number of aromatic nitrogens is 2. The molecule has 2 rings (SSSR count). The molecule has 0 saturated carbocycles. The highest BCUT2D eigenvalue weighted by molar-refractivity contribution is 5.80. The molecule has 0 aliphatic rings. The average Bonchev–Trinajstić information content (AvgIpc) is 2.77. The number of rotatable bonds is 6. The molecule has 2 aromatic rings. The Labute approximate surface area is 106 Å². The van der Waals surface area contributed by atoms with Crippen LogP contribution in [0.25, 0.3) is 10.9 Å². The molecule has 0 radical (unpaired) electrons. The molecule has 1 heterocycles. The number of para-hydroxylation sites is 1. The molecular formula is C13H18N4O. The number of hydrogen-bond donors (Lipinski definition) is 2. The fourth-order valence-corrected chi connectivity index (χ4v) is 2.05. The van der Waals surface area contributed by atoms with Crippen molar-refractivity contribution in [3.63, 3.8) is 0 Å². The number of nitrogens with one attached hydrogen (secondary N) is 1. The molecule has 1 amide bonds. The van der Waals surface area contributed by atoms with Gasteiger partial charge in [-0.3, -0.25) is 9.48 Å². The summed E-state index contributed by atoms with van der Waals surface area (Å²) >= 11 is 0. The molecule has 0 saturated heterocycles. The van der Waals surface area contributed by atoms with Gasteiger partial charge in [0.25, 0.3) is 0 Å². The number of nitrogens with two attached hydrogens (primary N) is 1. The van der Waals surface area contributed by atoms with Crippen LogP contribution in [0.2, 0.25) is 0 Å². The van der Waals surface area contributed by atoms with Gasteiger partial charge in [-0.15, -0.1) is 0 Å². The Morgan fingerprint density at radius 3 is 3.00 bits per heavy atom. The Hall–Kier alpha value is -1.88. The second kappa shape index (κ2) is 5.64. The van der Waals surface area contributed by atoms with Crippen LogP contribution >= 0.6 is 0 Å². The largest absolute Gasteiger partial charge is 0.368 e. The number of primary amides is 1. The van der Waals surface area contributed by atoms with E-state index in [1.807, 2.05) is 42.1 Å². The van der Waals surface area contributed by atoms with Gasteiger partial charge in [0.15, 0.2) is 0 Å². The number of carbonyl (C=O) groups excluding carboxylic acids is 1. The summed E-state index contributed by atoms with van der Waals surface area (Å²) in [6.07, 6.45) is 2.48. The van der Waals surface area contributed by atoms with Gasteiger partial charge in [0.1, 0.15) is 0 Å². The maximum atomic E-state index is 11.2. The summed E-state index contributed by atoms with van der Waals surface area (Å²) in [6.45, 7) is 3.36. The van der Waals surface area contributed by atoms with Crippen molar-refractivity contribution in [3.05, 3.63) is 30.5 Å². The second-order valence-corrected chi connectivity index (χ2v) is 4.23. The second-order valence-electron chi connectivity index (χ2n) is 4.23. The first-order chi connectivity index (χ1) is 8.72. The first-order valence-electron chi connectivity index (χ1n) is 6.15. The van der Waals surface area contributed by atoms with E-state index in [9.17, 15) is 4.79 Å². The predicted molar refractivity (Wildman–Crippen MR) is 71.0 cm³/mol. The molecule has 1 unspecified atom stereocenters. The third-order valence-corrected chi connectivity index (χ3v) is 2.97. The molecule has 1 aromatic heterocycles. The fourth-order valence-electron chi connectivity index (χ4n) is 2.05. The van der Waals surface area contributed by atoms with Crippen molar-refractivity contribution in [2.75, 3.05) is 6.54 Å². The number of nitrogens with zero attached hydrogens (tertiary/aromatic N) is 2. The quantitative estimate of drug-likeness (QED) is 0.795. The number of aryl methyl sites for hydroxylation is 1. The number of amides is 1. The summed E-state index contributed by atoms with van der Waals surface area (Å²) < 4.78 is 1.91. The van der Waals surface area contributed by atoms with Crippen molar-refractivity contribution in [2.45, 2.75) is 25.9 Å². The van der Waals surface area contributed by atoms with Gasteiger partial charge in [0.05, 0.1) is 17.8 Å². The molecular weight excluding hydrogens is 228 g/mol. The van der Waals surface area contributed by atoms with Crippen LogP contribution in [0.4, 0.5) is 0 Å². The molecule has 96 valence electrons. The van der Waals surface area contributed by atoms with Crippen LogP contribution in [0.1, 0.15) is 13.3 Å². The van der Waals surface area contributed by atoms with E-state index in [0.29, 0.717) is 13.0 Å². The van der Waals surface area contributed by atoms with Crippen LogP contribution in [0.15, 0.2) is 30.5 Å². The summed E-state index contributed by atoms with van der Waals surface area (Å²) in [7, 11) is 0. The molecule has 0 bridgehead atoms. The van der Waals surface area contributed by atoms with Crippen LogP contribution in [0.5, 0.6) is 0 Å². The van der Waals surface area contributed by atoms with Gasteiger partial charge in [0, 0.05) is 11.9 Å². The maximum Gasteiger partial charge on any atom is 0.234 e. The van der Waals surface area contributed by atoms with Gasteiger partial charge in [-0.2, -0.15) is 5.10 Å². The minimum atomic E-state index is -0.312. The first-order valence-corrected chi connectivity index (χ1v) is 6.15. The fraction of sp³-hybridized carbons (Fsp3) is 0.385. The van der Waals surface area contributed by atoms with Gasteiger partial charge < -0.3 is 11.1 Å². The van der Waals surface area contributed by atoms with Gasteiger partial charge in [-0.05, 0) is 19.0 Å². The first kappa shape index (κ1) is 12.6. The van der Waals surface area contributed by atoms with E-state index in [1.165, 1.54) is 0 Å². The lowest BCUT2D eigenvalue weighted by molar-refractivity contribution is -0.120. The molecule has 18 heavy (non-hydrogen) atoms. The van der Waals surface area contributed by atoms with Gasteiger partial charge >= 0.3 is 0 Å². The third kappa shape index (κ3) is 2.68. The number of benzene rings is 1. The van der Waals surface area contributed by atoms with E-state index in [1.54, 1.807) is 0 Å². The van der Waals surface area contributed by atoms with Gasteiger partial charge in [0.2, 0.25) is 5.91 Å². The van der Waals surface area contributed by atoms with Crippen LogP contribution < -0.4 is 11.1 Å². The molecule has 5 nitrogen and oxygen atoms in total. The molecule has 5 heteroatoms. The monoisotopic (exact) mass is 246 g/mol. The third-order valence-electron chi connectivity index (χ3n) is 2.97. The maximum absolute atomic E-state index is 11.2. The van der Waals surface area contributed by atoms with Crippen LogP contribution in [-0.4, -0.2) is 28.3 Å². The Balaban J connectivity index is 2.07. The highest BCUT2D eigenvalue weighted by atomic mass is 16.1. The van der Waals surface area contributed by atoms with Crippen LogP contribution in [0.3, 0.4) is 0 Å². The number of hydrogen-bond acceptors (Lipinski definition) is 3. The summed E-state index contributed by atoms with van der Waals surface area (Å²) in [5.41, 5.74) is 6.42. The minimum Gasteiger partial charge on any atom is -0.368 e. The normalized spacial score (nSPS) is 12.7. The van der Waals surface area contributed by atoms with E-state index < -0.39 is 0 Å². The van der Waals surface area contributed by atoms with Crippen molar-refractivity contribution in [2.24, 2.45) is 5.73 Å². The highest BCUT2D eigenvalue weighted by Crippen LogP contribution is 2.13. The molecule has 0 aliphatic heterocycles. The van der Waals surface area contributed by atoms with Crippen molar-refractivity contribution < 1.29 is 4.79 Å². The van der Waals surface area contributed by atoms with E-state index in [-0.39, 0.29) is 11.9 Å². The Kier molecular flexibility index (Phi) is 3.94. The van der Waals surface area contributed by atoms with Crippen molar-refractivity contribution in [1.29, 1.82) is 0 Å². The summed E-state index contributed by atoms with van der Waals surface area (Å²) in [6, 6.07) is 7.72. The topological polar surface area (TPSA) is 72.9 Å². The molecule has 1 atom stereocenters.